The third kappa shape index (κ3) is 4.08. The number of amides is 3. The van der Waals surface area contributed by atoms with Gasteiger partial charge in [-0.25, -0.2) is 4.90 Å². The zero-order chi connectivity index (χ0) is 22.8. The Balaban J connectivity index is 1.54. The number of imide groups is 1. The van der Waals surface area contributed by atoms with Crippen LogP contribution in [0.4, 0.5) is 11.4 Å². The van der Waals surface area contributed by atoms with Gasteiger partial charge in [-0.15, -0.1) is 0 Å². The lowest BCUT2D eigenvalue weighted by molar-refractivity contribution is -0.120. The fraction of sp³-hybridized carbons (Fsp3) is 0.292. The molecule has 8 heteroatoms. The molecule has 166 valence electrons. The van der Waals surface area contributed by atoms with Crippen LogP contribution in [0.2, 0.25) is 0 Å². The Morgan fingerprint density at radius 1 is 1.09 bits per heavy atom. The van der Waals surface area contributed by atoms with Crippen molar-refractivity contribution in [1.82, 2.24) is 4.90 Å². The maximum absolute atomic E-state index is 13.0. The molecule has 1 unspecified atom stereocenters. The molecule has 2 aliphatic rings. The highest BCUT2D eigenvalue weighted by Crippen LogP contribution is 2.31. The second-order valence-corrected chi connectivity index (χ2v) is 8.26. The van der Waals surface area contributed by atoms with Crippen LogP contribution in [0.3, 0.4) is 0 Å². The Bertz CT molecular complexity index is 1100. The highest BCUT2D eigenvalue weighted by atomic mass is 35.5. The maximum Gasteiger partial charge on any atom is 0.283 e. The van der Waals surface area contributed by atoms with E-state index in [0.717, 1.165) is 30.7 Å². The van der Waals surface area contributed by atoms with E-state index >= 15 is 0 Å². The number of ether oxygens (including phenoxy) is 1. The van der Waals surface area contributed by atoms with Crippen LogP contribution in [0.1, 0.15) is 36.5 Å². The van der Waals surface area contributed by atoms with E-state index in [-0.39, 0.29) is 22.7 Å². The lowest BCUT2D eigenvalue weighted by Gasteiger charge is -2.33. The van der Waals surface area contributed by atoms with E-state index in [0.29, 0.717) is 22.7 Å². The number of anilines is 2. The van der Waals surface area contributed by atoms with E-state index in [1.807, 2.05) is 4.90 Å². The third-order valence-corrected chi connectivity index (χ3v) is 6.15. The predicted molar refractivity (Wildman–Crippen MR) is 123 cm³/mol. The number of nitrogens with one attached hydrogen (secondary N) is 1. The number of benzene rings is 2. The number of hydrogen-bond acceptors (Lipinski definition) is 5. The number of rotatable bonds is 5. The van der Waals surface area contributed by atoms with E-state index in [4.69, 9.17) is 16.3 Å². The molecule has 0 aliphatic carbocycles. The van der Waals surface area contributed by atoms with Crippen molar-refractivity contribution in [3.05, 3.63) is 64.8 Å². The topological polar surface area (TPSA) is 79.0 Å². The molecule has 2 heterocycles. The van der Waals surface area contributed by atoms with Gasteiger partial charge in [-0.1, -0.05) is 17.7 Å². The van der Waals surface area contributed by atoms with Crippen LogP contribution in [0.25, 0.3) is 0 Å². The molecule has 0 spiro atoms. The number of likely N-dealkylation sites (tertiary alicyclic amines) is 1. The standard InChI is InChI=1S/C24H24ClN3O4/c1-15-6-3-4-13-27(15)22(29)16-7-5-8-17(14-16)26-21-20(25)23(30)28(24(21)31)18-9-11-19(32-2)12-10-18/h5,7-12,14-15,26H,3-4,6,13H2,1-2H3. The molecular weight excluding hydrogens is 430 g/mol. The van der Waals surface area contributed by atoms with Crippen LogP contribution >= 0.6 is 11.6 Å². The van der Waals surface area contributed by atoms with Crippen molar-refractivity contribution in [3.63, 3.8) is 0 Å². The molecule has 0 aromatic heterocycles. The molecule has 0 radical (unpaired) electrons. The van der Waals surface area contributed by atoms with Crippen LogP contribution in [0.15, 0.2) is 59.3 Å². The minimum atomic E-state index is -0.612. The summed E-state index contributed by atoms with van der Waals surface area (Å²) in [5, 5.41) is 2.74. The molecular formula is C24H24ClN3O4. The van der Waals surface area contributed by atoms with Gasteiger partial charge in [0.05, 0.1) is 12.8 Å². The molecule has 0 bridgehead atoms. The summed E-state index contributed by atoms with van der Waals surface area (Å²) in [6, 6.07) is 13.6. The van der Waals surface area contributed by atoms with Crippen LogP contribution in [-0.2, 0) is 9.59 Å². The lowest BCUT2D eigenvalue weighted by atomic mass is 10.0. The van der Waals surface area contributed by atoms with E-state index in [9.17, 15) is 14.4 Å². The van der Waals surface area contributed by atoms with Gasteiger partial charge in [-0.05, 0) is 68.7 Å². The second-order valence-electron chi connectivity index (χ2n) is 7.88. The van der Waals surface area contributed by atoms with Crippen molar-refractivity contribution in [2.45, 2.75) is 32.2 Å². The monoisotopic (exact) mass is 453 g/mol. The number of carbonyl (C=O) groups excluding carboxylic acids is 3. The summed E-state index contributed by atoms with van der Waals surface area (Å²) in [6.07, 6.45) is 3.11. The Labute approximate surface area is 191 Å². The normalized spacial score (nSPS) is 18.9. The molecule has 2 aliphatic heterocycles. The molecule has 32 heavy (non-hydrogen) atoms. The Hall–Kier alpha value is -3.32. The molecule has 0 saturated carbocycles. The second kappa shape index (κ2) is 9.04. The van der Waals surface area contributed by atoms with Crippen molar-refractivity contribution in [2.24, 2.45) is 0 Å². The Kier molecular flexibility index (Phi) is 6.19. The summed E-state index contributed by atoms with van der Waals surface area (Å²) in [4.78, 5) is 41.5. The number of methoxy groups -OCH3 is 1. The third-order valence-electron chi connectivity index (χ3n) is 5.80. The number of nitrogens with zero attached hydrogens (tertiary/aromatic N) is 2. The van der Waals surface area contributed by atoms with Crippen molar-refractivity contribution in [3.8, 4) is 5.75 Å². The minimum Gasteiger partial charge on any atom is -0.497 e. The highest BCUT2D eigenvalue weighted by Gasteiger charge is 2.39. The Morgan fingerprint density at radius 3 is 2.53 bits per heavy atom. The van der Waals surface area contributed by atoms with E-state index in [1.54, 1.807) is 48.5 Å². The summed E-state index contributed by atoms with van der Waals surface area (Å²) in [7, 11) is 1.53. The molecule has 2 aromatic rings. The SMILES string of the molecule is COc1ccc(N2C(=O)C(Cl)=C(Nc3cccc(C(=O)N4CCCCC4C)c3)C2=O)cc1. The smallest absolute Gasteiger partial charge is 0.283 e. The van der Waals surface area contributed by atoms with Gasteiger partial charge >= 0.3 is 0 Å². The molecule has 1 N–H and O–H groups in total. The summed E-state index contributed by atoms with van der Waals surface area (Å²) in [5.41, 5.74) is 1.39. The molecule has 4 rings (SSSR count). The van der Waals surface area contributed by atoms with Gasteiger partial charge in [0.1, 0.15) is 16.5 Å². The first kappa shape index (κ1) is 21.9. The minimum absolute atomic E-state index is 0.0246. The van der Waals surface area contributed by atoms with Crippen LogP contribution in [0.5, 0.6) is 5.75 Å². The van der Waals surface area contributed by atoms with Crippen molar-refractivity contribution in [2.75, 3.05) is 23.9 Å². The predicted octanol–water partition coefficient (Wildman–Crippen LogP) is 4.15. The van der Waals surface area contributed by atoms with E-state index < -0.39 is 11.8 Å². The number of hydrogen-bond donors (Lipinski definition) is 1. The average molecular weight is 454 g/mol. The maximum atomic E-state index is 13.0. The molecule has 3 amide bonds. The van der Waals surface area contributed by atoms with Gasteiger partial charge in [0, 0.05) is 23.8 Å². The quantitative estimate of drug-likeness (QED) is 0.688. The first-order chi connectivity index (χ1) is 15.4. The van der Waals surface area contributed by atoms with Gasteiger partial charge in [0.15, 0.2) is 0 Å². The van der Waals surface area contributed by atoms with Crippen molar-refractivity contribution < 1.29 is 19.1 Å². The van der Waals surface area contributed by atoms with E-state index in [1.165, 1.54) is 7.11 Å². The fourth-order valence-electron chi connectivity index (χ4n) is 4.02. The zero-order valence-corrected chi connectivity index (χ0v) is 18.7. The van der Waals surface area contributed by atoms with Gasteiger partial charge in [-0.2, -0.15) is 0 Å². The van der Waals surface area contributed by atoms with Crippen LogP contribution in [-0.4, -0.2) is 42.3 Å². The molecule has 7 nitrogen and oxygen atoms in total. The van der Waals surface area contributed by atoms with E-state index in [2.05, 4.69) is 12.2 Å². The van der Waals surface area contributed by atoms with Gasteiger partial charge < -0.3 is 15.0 Å². The van der Waals surface area contributed by atoms with Crippen molar-refractivity contribution in [1.29, 1.82) is 0 Å². The molecule has 1 atom stereocenters. The average Bonchev–Trinajstić information content (AvgIpc) is 3.02. The fourth-order valence-corrected chi connectivity index (χ4v) is 4.23. The Morgan fingerprint density at radius 2 is 1.84 bits per heavy atom. The lowest BCUT2D eigenvalue weighted by Crippen LogP contribution is -2.42. The van der Waals surface area contributed by atoms with Crippen LogP contribution in [0, 0.1) is 0 Å². The number of piperidine rings is 1. The van der Waals surface area contributed by atoms with Crippen molar-refractivity contribution >= 4 is 40.7 Å². The first-order valence-corrected chi connectivity index (χ1v) is 10.9. The summed E-state index contributed by atoms with van der Waals surface area (Å²) in [5.74, 6) is -0.616. The summed E-state index contributed by atoms with van der Waals surface area (Å²) >= 11 is 6.23. The molecule has 2 aromatic carbocycles. The van der Waals surface area contributed by atoms with Gasteiger partial charge in [-0.3, -0.25) is 14.4 Å². The number of halogens is 1. The van der Waals surface area contributed by atoms with Crippen LogP contribution < -0.4 is 15.0 Å². The summed E-state index contributed by atoms with van der Waals surface area (Å²) < 4.78 is 5.12. The van der Waals surface area contributed by atoms with Gasteiger partial charge in [0.2, 0.25) is 0 Å². The summed E-state index contributed by atoms with van der Waals surface area (Å²) in [6.45, 7) is 2.79. The molecule has 1 saturated heterocycles. The van der Waals surface area contributed by atoms with Gasteiger partial charge in [0.25, 0.3) is 17.7 Å². The highest BCUT2D eigenvalue weighted by molar-refractivity contribution is 6.53. The first-order valence-electron chi connectivity index (χ1n) is 10.5. The number of carbonyl (C=O) groups is 3. The zero-order valence-electron chi connectivity index (χ0n) is 17.9. The molecule has 1 fully saturated rings. The largest absolute Gasteiger partial charge is 0.497 e.